The monoisotopic (exact) mass is 477 g/mol. The van der Waals surface area contributed by atoms with E-state index in [-0.39, 0.29) is 6.04 Å². The largest absolute Gasteiger partial charge is 0.495 e. The van der Waals surface area contributed by atoms with Crippen LogP contribution in [-0.2, 0) is 4.74 Å². The lowest BCUT2D eigenvalue weighted by Crippen LogP contribution is -2.30. The molecule has 3 heterocycles. The van der Waals surface area contributed by atoms with Crippen molar-refractivity contribution < 1.29 is 18.9 Å². The van der Waals surface area contributed by atoms with Crippen LogP contribution in [0.2, 0.25) is 10.0 Å². The summed E-state index contributed by atoms with van der Waals surface area (Å²) in [5, 5.41) is 5.81. The maximum Gasteiger partial charge on any atom is 0.222 e. The summed E-state index contributed by atoms with van der Waals surface area (Å²) < 4.78 is 22.2. The summed E-state index contributed by atoms with van der Waals surface area (Å²) in [5.41, 5.74) is 1.05. The third-order valence-corrected chi connectivity index (χ3v) is 6.05. The van der Waals surface area contributed by atoms with Gasteiger partial charge in [-0.2, -0.15) is 0 Å². The highest BCUT2D eigenvalue weighted by Gasteiger charge is 2.22. The molecule has 2 aromatic heterocycles. The van der Waals surface area contributed by atoms with Gasteiger partial charge in [0.25, 0.3) is 0 Å². The van der Waals surface area contributed by atoms with Gasteiger partial charge in [-0.05, 0) is 31.9 Å². The van der Waals surface area contributed by atoms with E-state index in [1.807, 2.05) is 19.1 Å². The number of nitrogens with one attached hydrogen (secondary N) is 1. The molecule has 1 aliphatic heterocycles. The van der Waals surface area contributed by atoms with E-state index in [1.165, 1.54) is 14.2 Å². The number of hydrogen-bond donors (Lipinski definition) is 1. The molecule has 1 atom stereocenters. The standard InChI is InChI=1S/C23H25Cl2N3O4/c1-4-32-23-15-9-19(27-14-6-5-7-31-12-14)26-11-13(15)8-16(28-23)20-21(24)17(29-2)10-18(30-3)22(20)25/h8-11,14H,4-7,12H2,1-3H3,(H,26,27). The fourth-order valence-corrected chi connectivity index (χ4v) is 4.44. The van der Waals surface area contributed by atoms with Gasteiger partial charge in [-0.25, -0.2) is 9.97 Å². The summed E-state index contributed by atoms with van der Waals surface area (Å²) in [6.45, 7) is 3.85. The van der Waals surface area contributed by atoms with E-state index in [1.54, 1.807) is 12.3 Å². The van der Waals surface area contributed by atoms with Gasteiger partial charge in [0.2, 0.25) is 5.88 Å². The Bertz CT molecular complexity index is 1090. The first-order valence-corrected chi connectivity index (χ1v) is 11.2. The molecule has 170 valence electrons. The number of halogens is 2. The fourth-order valence-electron chi connectivity index (χ4n) is 3.74. The van der Waals surface area contributed by atoms with Gasteiger partial charge in [0.05, 0.1) is 49.2 Å². The first-order valence-electron chi connectivity index (χ1n) is 10.4. The van der Waals surface area contributed by atoms with E-state index in [4.69, 9.17) is 47.1 Å². The maximum atomic E-state index is 6.61. The van der Waals surface area contributed by atoms with E-state index < -0.39 is 0 Å². The first-order chi connectivity index (χ1) is 15.5. The average molecular weight is 478 g/mol. The SMILES string of the molecule is CCOc1nc(-c2c(Cl)c(OC)cc(OC)c2Cl)cc2cnc(NC3CCCOC3)cc12. The number of fused-ring (bicyclic) bond motifs is 1. The van der Waals surface area contributed by atoms with Gasteiger partial charge in [0.15, 0.2) is 0 Å². The summed E-state index contributed by atoms with van der Waals surface area (Å²) in [6, 6.07) is 5.71. The Morgan fingerprint density at radius 1 is 1.12 bits per heavy atom. The molecule has 1 aliphatic rings. The van der Waals surface area contributed by atoms with Crippen LogP contribution in [0.3, 0.4) is 0 Å². The van der Waals surface area contributed by atoms with Gasteiger partial charge < -0.3 is 24.3 Å². The molecule has 4 rings (SSSR count). The van der Waals surface area contributed by atoms with Crippen LogP contribution >= 0.6 is 23.2 Å². The zero-order valence-electron chi connectivity index (χ0n) is 18.2. The molecule has 0 spiro atoms. The van der Waals surface area contributed by atoms with Gasteiger partial charge in [0.1, 0.15) is 17.3 Å². The van der Waals surface area contributed by atoms with Crippen molar-refractivity contribution in [3.63, 3.8) is 0 Å². The Morgan fingerprint density at radius 3 is 2.50 bits per heavy atom. The third kappa shape index (κ3) is 4.51. The number of aromatic nitrogens is 2. The molecule has 0 amide bonds. The molecule has 0 saturated carbocycles. The minimum absolute atomic E-state index is 0.235. The predicted octanol–water partition coefficient (Wildman–Crippen LogP) is 5.61. The fraction of sp³-hybridized carbons (Fsp3) is 0.391. The van der Waals surface area contributed by atoms with Crippen molar-refractivity contribution in [3.8, 4) is 28.6 Å². The quantitative estimate of drug-likeness (QED) is 0.473. The van der Waals surface area contributed by atoms with E-state index in [2.05, 4.69) is 10.3 Å². The van der Waals surface area contributed by atoms with Crippen molar-refractivity contribution in [1.29, 1.82) is 0 Å². The lowest BCUT2D eigenvalue weighted by molar-refractivity contribution is 0.0875. The van der Waals surface area contributed by atoms with E-state index in [0.29, 0.717) is 51.9 Å². The Labute approximate surface area is 196 Å². The van der Waals surface area contributed by atoms with Crippen molar-refractivity contribution in [3.05, 3.63) is 34.4 Å². The lowest BCUT2D eigenvalue weighted by atomic mass is 10.1. The van der Waals surface area contributed by atoms with Crippen LogP contribution in [0.15, 0.2) is 24.4 Å². The smallest absolute Gasteiger partial charge is 0.222 e. The van der Waals surface area contributed by atoms with Crippen molar-refractivity contribution in [2.24, 2.45) is 0 Å². The molecule has 0 radical (unpaired) electrons. The predicted molar refractivity (Wildman–Crippen MR) is 127 cm³/mol. The lowest BCUT2D eigenvalue weighted by Gasteiger charge is -2.23. The highest BCUT2D eigenvalue weighted by Crippen LogP contribution is 2.46. The van der Waals surface area contributed by atoms with Crippen molar-refractivity contribution in [2.45, 2.75) is 25.8 Å². The van der Waals surface area contributed by atoms with Crippen LogP contribution in [0, 0.1) is 0 Å². The molecule has 9 heteroatoms. The molecule has 1 N–H and O–H groups in total. The number of nitrogens with zero attached hydrogens (tertiary/aromatic N) is 2. The molecular formula is C23H25Cl2N3O4. The first kappa shape index (κ1) is 22.7. The molecule has 1 fully saturated rings. The van der Waals surface area contributed by atoms with Gasteiger partial charge >= 0.3 is 0 Å². The van der Waals surface area contributed by atoms with Crippen LogP contribution < -0.4 is 19.5 Å². The molecular weight excluding hydrogens is 453 g/mol. The van der Waals surface area contributed by atoms with Gasteiger partial charge in [-0.15, -0.1) is 0 Å². The number of benzene rings is 1. The summed E-state index contributed by atoms with van der Waals surface area (Å²) >= 11 is 13.2. The summed E-state index contributed by atoms with van der Waals surface area (Å²) in [7, 11) is 3.07. The second-order valence-electron chi connectivity index (χ2n) is 7.38. The third-order valence-electron chi connectivity index (χ3n) is 5.30. The second-order valence-corrected chi connectivity index (χ2v) is 8.13. The minimum atomic E-state index is 0.235. The Morgan fingerprint density at radius 2 is 1.88 bits per heavy atom. The van der Waals surface area contributed by atoms with Crippen LogP contribution in [0.25, 0.3) is 22.0 Å². The number of methoxy groups -OCH3 is 2. The zero-order valence-corrected chi connectivity index (χ0v) is 19.7. The topological polar surface area (TPSA) is 74.7 Å². The van der Waals surface area contributed by atoms with Crippen LogP contribution in [0.1, 0.15) is 19.8 Å². The molecule has 3 aromatic rings. The summed E-state index contributed by atoms with van der Waals surface area (Å²) in [4.78, 5) is 9.32. The molecule has 0 aliphatic carbocycles. The number of rotatable bonds is 7. The summed E-state index contributed by atoms with van der Waals surface area (Å²) in [5.74, 6) is 2.10. The molecule has 1 saturated heterocycles. The second kappa shape index (κ2) is 9.98. The Kier molecular flexibility index (Phi) is 7.08. The van der Waals surface area contributed by atoms with Crippen LogP contribution in [0.5, 0.6) is 17.4 Å². The van der Waals surface area contributed by atoms with Crippen LogP contribution in [-0.4, -0.2) is 50.1 Å². The average Bonchev–Trinajstić information content (AvgIpc) is 2.80. The van der Waals surface area contributed by atoms with E-state index in [9.17, 15) is 0 Å². The van der Waals surface area contributed by atoms with Gasteiger partial charge in [-0.1, -0.05) is 23.2 Å². The molecule has 7 nitrogen and oxygen atoms in total. The van der Waals surface area contributed by atoms with Gasteiger partial charge in [-0.3, -0.25) is 0 Å². The van der Waals surface area contributed by atoms with Crippen molar-refractivity contribution >= 4 is 39.8 Å². The van der Waals surface area contributed by atoms with Crippen LogP contribution in [0.4, 0.5) is 5.82 Å². The number of anilines is 1. The number of hydrogen-bond acceptors (Lipinski definition) is 7. The van der Waals surface area contributed by atoms with Gasteiger partial charge in [0, 0.05) is 35.2 Å². The Balaban J connectivity index is 1.81. The zero-order chi connectivity index (χ0) is 22.7. The number of pyridine rings is 2. The number of ether oxygens (including phenoxy) is 4. The summed E-state index contributed by atoms with van der Waals surface area (Å²) in [6.07, 6.45) is 3.87. The highest BCUT2D eigenvalue weighted by molar-refractivity contribution is 6.41. The molecule has 32 heavy (non-hydrogen) atoms. The molecule has 0 bridgehead atoms. The molecule has 1 unspecified atom stereocenters. The normalized spacial score (nSPS) is 16.1. The highest BCUT2D eigenvalue weighted by atomic mass is 35.5. The Hall–Kier alpha value is -2.48. The van der Waals surface area contributed by atoms with E-state index in [0.717, 1.165) is 36.0 Å². The minimum Gasteiger partial charge on any atom is -0.495 e. The van der Waals surface area contributed by atoms with Crippen molar-refractivity contribution in [2.75, 3.05) is 39.4 Å². The maximum absolute atomic E-state index is 6.61. The van der Waals surface area contributed by atoms with Crippen molar-refractivity contribution in [1.82, 2.24) is 9.97 Å². The van der Waals surface area contributed by atoms with E-state index >= 15 is 0 Å². The molecule has 1 aromatic carbocycles.